The number of fused-ring (bicyclic) bond motifs is 3. The molecule has 0 bridgehead atoms. The van der Waals surface area contributed by atoms with Gasteiger partial charge in [-0.2, -0.15) is 5.10 Å². The molecule has 1 aliphatic carbocycles. The standard InChI is InChI=1S/C21H25N3O2S/c1-3-16(20(25)22-14-9-5-4-6-10-14)24-21(26)18-15-11-7-8-12-17(15)27-19(18)13(2)23-24/h7-8,11-12,14,16H,3-6,9-10H2,1-2H3,(H,22,25)/t16-/m0/s1. The highest BCUT2D eigenvalue weighted by Crippen LogP contribution is 2.33. The van der Waals surface area contributed by atoms with E-state index in [0.717, 1.165) is 46.2 Å². The predicted molar refractivity (Wildman–Crippen MR) is 110 cm³/mol. The van der Waals surface area contributed by atoms with Crippen molar-refractivity contribution in [2.24, 2.45) is 0 Å². The molecule has 0 spiro atoms. The Kier molecular flexibility index (Phi) is 5.00. The Hall–Kier alpha value is -2.21. The van der Waals surface area contributed by atoms with Crippen LogP contribution in [0.15, 0.2) is 29.1 Å². The molecule has 1 aromatic carbocycles. The third kappa shape index (κ3) is 3.27. The maximum absolute atomic E-state index is 13.3. The zero-order chi connectivity index (χ0) is 19.0. The maximum Gasteiger partial charge on any atom is 0.276 e. The van der Waals surface area contributed by atoms with Gasteiger partial charge in [0.15, 0.2) is 0 Å². The van der Waals surface area contributed by atoms with Crippen LogP contribution in [0.1, 0.15) is 57.2 Å². The fourth-order valence-electron chi connectivity index (χ4n) is 4.10. The average molecular weight is 384 g/mol. The summed E-state index contributed by atoms with van der Waals surface area (Å²) in [6, 6.07) is 7.58. The number of aromatic nitrogens is 2. The summed E-state index contributed by atoms with van der Waals surface area (Å²) in [6.45, 7) is 3.85. The quantitative estimate of drug-likeness (QED) is 0.730. The van der Waals surface area contributed by atoms with Crippen LogP contribution in [0, 0.1) is 6.92 Å². The number of rotatable bonds is 4. The van der Waals surface area contributed by atoms with Crippen LogP contribution < -0.4 is 10.9 Å². The molecule has 0 aliphatic heterocycles. The monoisotopic (exact) mass is 383 g/mol. The number of carbonyl (C=O) groups excluding carboxylic acids is 1. The molecule has 6 heteroatoms. The van der Waals surface area contributed by atoms with Crippen LogP contribution in [-0.2, 0) is 4.79 Å². The van der Waals surface area contributed by atoms with Crippen LogP contribution in [0.2, 0.25) is 0 Å². The lowest BCUT2D eigenvalue weighted by atomic mass is 9.95. The molecule has 1 N–H and O–H groups in total. The Morgan fingerprint density at radius 3 is 2.78 bits per heavy atom. The van der Waals surface area contributed by atoms with E-state index in [1.54, 1.807) is 11.3 Å². The van der Waals surface area contributed by atoms with E-state index < -0.39 is 6.04 Å². The van der Waals surface area contributed by atoms with Gasteiger partial charge in [0.25, 0.3) is 5.56 Å². The van der Waals surface area contributed by atoms with Crippen molar-refractivity contribution in [2.45, 2.75) is 64.5 Å². The lowest BCUT2D eigenvalue weighted by molar-refractivity contribution is -0.125. The Bertz CT molecular complexity index is 1050. The van der Waals surface area contributed by atoms with E-state index in [1.807, 2.05) is 38.1 Å². The highest BCUT2D eigenvalue weighted by Gasteiger charge is 2.26. The molecular weight excluding hydrogens is 358 g/mol. The lowest BCUT2D eigenvalue weighted by Gasteiger charge is -2.25. The summed E-state index contributed by atoms with van der Waals surface area (Å²) in [5.41, 5.74) is 0.633. The number of nitrogens with zero attached hydrogens (tertiary/aromatic N) is 2. The van der Waals surface area contributed by atoms with Gasteiger partial charge >= 0.3 is 0 Å². The molecule has 0 saturated heterocycles. The summed E-state index contributed by atoms with van der Waals surface area (Å²) in [5, 5.41) is 9.33. The Labute approximate surface area is 162 Å². The normalized spacial score (nSPS) is 16.7. The van der Waals surface area contributed by atoms with Gasteiger partial charge in [-0.1, -0.05) is 44.4 Å². The number of hydrogen-bond donors (Lipinski definition) is 1. The van der Waals surface area contributed by atoms with Crippen molar-refractivity contribution in [1.29, 1.82) is 0 Å². The second-order valence-electron chi connectivity index (χ2n) is 7.41. The number of thiophene rings is 1. The molecule has 1 fully saturated rings. The van der Waals surface area contributed by atoms with Gasteiger partial charge < -0.3 is 5.32 Å². The fourth-order valence-corrected chi connectivity index (χ4v) is 5.24. The molecule has 142 valence electrons. The molecule has 1 atom stereocenters. The lowest BCUT2D eigenvalue weighted by Crippen LogP contribution is -2.43. The third-order valence-electron chi connectivity index (χ3n) is 5.54. The molecule has 3 aromatic rings. The van der Waals surface area contributed by atoms with Crippen molar-refractivity contribution >= 4 is 37.4 Å². The van der Waals surface area contributed by atoms with Gasteiger partial charge in [-0.3, -0.25) is 9.59 Å². The molecule has 5 nitrogen and oxygen atoms in total. The molecule has 4 rings (SSSR count). The first-order chi connectivity index (χ1) is 13.1. The zero-order valence-electron chi connectivity index (χ0n) is 15.8. The largest absolute Gasteiger partial charge is 0.352 e. The van der Waals surface area contributed by atoms with Crippen LogP contribution in [-0.4, -0.2) is 21.7 Å². The summed E-state index contributed by atoms with van der Waals surface area (Å²) >= 11 is 1.59. The number of amides is 1. The minimum absolute atomic E-state index is 0.0858. The van der Waals surface area contributed by atoms with E-state index in [9.17, 15) is 9.59 Å². The smallest absolute Gasteiger partial charge is 0.276 e. The van der Waals surface area contributed by atoms with E-state index in [1.165, 1.54) is 11.1 Å². The Morgan fingerprint density at radius 1 is 1.30 bits per heavy atom. The van der Waals surface area contributed by atoms with Gasteiger partial charge in [-0.05, 0) is 32.3 Å². The van der Waals surface area contributed by atoms with Crippen molar-refractivity contribution in [3.63, 3.8) is 0 Å². The highest BCUT2D eigenvalue weighted by atomic mass is 32.1. The van der Waals surface area contributed by atoms with Gasteiger partial charge in [0.2, 0.25) is 5.91 Å². The van der Waals surface area contributed by atoms with Gasteiger partial charge in [-0.15, -0.1) is 11.3 Å². The number of hydrogen-bond acceptors (Lipinski definition) is 4. The topological polar surface area (TPSA) is 64.0 Å². The van der Waals surface area contributed by atoms with Gasteiger partial charge in [0.05, 0.1) is 15.8 Å². The summed E-state index contributed by atoms with van der Waals surface area (Å²) < 4.78 is 3.40. The van der Waals surface area contributed by atoms with Gasteiger partial charge in [-0.25, -0.2) is 4.68 Å². The highest BCUT2D eigenvalue weighted by molar-refractivity contribution is 7.26. The molecular formula is C21H25N3O2S. The Morgan fingerprint density at radius 2 is 2.04 bits per heavy atom. The van der Waals surface area contributed by atoms with Crippen LogP contribution in [0.5, 0.6) is 0 Å². The minimum Gasteiger partial charge on any atom is -0.352 e. The van der Waals surface area contributed by atoms with E-state index in [0.29, 0.717) is 11.8 Å². The second kappa shape index (κ2) is 7.43. The van der Waals surface area contributed by atoms with Crippen LogP contribution in [0.4, 0.5) is 0 Å². The van der Waals surface area contributed by atoms with E-state index >= 15 is 0 Å². The first-order valence-electron chi connectivity index (χ1n) is 9.81. The van der Waals surface area contributed by atoms with Crippen molar-refractivity contribution in [2.75, 3.05) is 0 Å². The molecule has 0 unspecified atom stereocenters. The second-order valence-corrected chi connectivity index (χ2v) is 8.46. The van der Waals surface area contributed by atoms with Crippen molar-refractivity contribution in [1.82, 2.24) is 15.1 Å². The maximum atomic E-state index is 13.3. The first kappa shape index (κ1) is 18.2. The van der Waals surface area contributed by atoms with E-state index in [-0.39, 0.29) is 17.5 Å². The number of aryl methyl sites for hydroxylation is 1. The molecule has 0 radical (unpaired) electrons. The van der Waals surface area contributed by atoms with Crippen LogP contribution in [0.25, 0.3) is 20.2 Å². The number of nitrogens with one attached hydrogen (secondary N) is 1. The van der Waals surface area contributed by atoms with Crippen molar-refractivity contribution < 1.29 is 4.79 Å². The third-order valence-corrected chi connectivity index (χ3v) is 6.82. The fraction of sp³-hybridized carbons (Fsp3) is 0.476. The molecule has 1 saturated carbocycles. The van der Waals surface area contributed by atoms with Crippen molar-refractivity contribution in [3.05, 3.63) is 40.3 Å². The number of carbonyl (C=O) groups is 1. The Balaban J connectivity index is 1.77. The molecule has 1 amide bonds. The number of benzene rings is 1. The zero-order valence-corrected chi connectivity index (χ0v) is 16.6. The predicted octanol–water partition coefficient (Wildman–Crippen LogP) is 4.32. The van der Waals surface area contributed by atoms with Crippen LogP contribution >= 0.6 is 11.3 Å². The molecule has 1 aliphatic rings. The first-order valence-corrected chi connectivity index (χ1v) is 10.6. The summed E-state index contributed by atoms with van der Waals surface area (Å²) in [6.07, 6.45) is 6.15. The summed E-state index contributed by atoms with van der Waals surface area (Å²) in [7, 11) is 0. The van der Waals surface area contributed by atoms with E-state index in [4.69, 9.17) is 0 Å². The SMILES string of the molecule is CC[C@@H](C(=O)NC1CCCCC1)n1nc(C)c2sc3ccccc3c2c1=O. The van der Waals surface area contributed by atoms with E-state index in [2.05, 4.69) is 10.4 Å². The molecule has 2 aromatic heterocycles. The van der Waals surface area contributed by atoms with Gasteiger partial charge in [0.1, 0.15) is 6.04 Å². The van der Waals surface area contributed by atoms with Gasteiger partial charge in [0, 0.05) is 16.1 Å². The average Bonchev–Trinajstić information content (AvgIpc) is 3.07. The summed E-state index contributed by atoms with van der Waals surface area (Å²) in [4.78, 5) is 26.2. The van der Waals surface area contributed by atoms with Crippen molar-refractivity contribution in [3.8, 4) is 0 Å². The molecule has 27 heavy (non-hydrogen) atoms. The summed E-state index contributed by atoms with van der Waals surface area (Å²) in [5.74, 6) is -0.0858. The van der Waals surface area contributed by atoms with Crippen LogP contribution in [0.3, 0.4) is 0 Å². The minimum atomic E-state index is -0.568. The molecule has 2 heterocycles.